The topological polar surface area (TPSA) is 58.2 Å². The van der Waals surface area contributed by atoms with Gasteiger partial charge in [0.1, 0.15) is 11.6 Å². The molecule has 4 rings (SSSR count). The summed E-state index contributed by atoms with van der Waals surface area (Å²) in [7, 11) is 0. The first-order valence-corrected chi connectivity index (χ1v) is 13.4. The summed E-state index contributed by atoms with van der Waals surface area (Å²) in [5.74, 6) is 1.13. The lowest BCUT2D eigenvalue weighted by Gasteiger charge is -2.40. The smallest absolute Gasteiger partial charge is 0.143 e. The molecule has 2 aliphatic rings. The average molecular weight is 475 g/mol. The molecule has 4 unspecified atom stereocenters. The fourth-order valence-electron chi connectivity index (χ4n) is 6.23. The van der Waals surface area contributed by atoms with E-state index in [2.05, 4.69) is 66.1 Å². The molecule has 35 heavy (non-hydrogen) atoms. The summed E-state index contributed by atoms with van der Waals surface area (Å²) in [4.78, 5) is 27.0. The third-order valence-corrected chi connectivity index (χ3v) is 8.15. The van der Waals surface area contributed by atoms with Gasteiger partial charge in [-0.2, -0.15) is 0 Å². The number of rotatable bonds is 7. The van der Waals surface area contributed by atoms with Crippen molar-refractivity contribution in [3.8, 4) is 0 Å². The van der Waals surface area contributed by atoms with Crippen molar-refractivity contribution in [2.45, 2.75) is 64.8 Å². The Morgan fingerprint density at radius 1 is 0.886 bits per heavy atom. The molecule has 0 aromatic heterocycles. The van der Waals surface area contributed by atoms with Crippen LogP contribution < -0.4 is 10.6 Å². The van der Waals surface area contributed by atoms with Gasteiger partial charge in [0.05, 0.1) is 0 Å². The molecule has 2 fully saturated rings. The second-order valence-corrected chi connectivity index (χ2v) is 11.7. The van der Waals surface area contributed by atoms with Gasteiger partial charge < -0.3 is 10.6 Å². The van der Waals surface area contributed by atoms with E-state index < -0.39 is 0 Å². The Hall–Kier alpha value is -2.30. The second kappa shape index (κ2) is 11.2. The van der Waals surface area contributed by atoms with E-state index in [4.69, 9.17) is 0 Å². The number of nitrogens with one attached hydrogen (secondary N) is 2. The number of benzene rings is 2. The van der Waals surface area contributed by atoms with Crippen LogP contribution in [0.1, 0.15) is 69.9 Å². The third-order valence-electron chi connectivity index (χ3n) is 8.15. The summed E-state index contributed by atoms with van der Waals surface area (Å²) in [6, 6.07) is 21.2. The molecule has 2 saturated heterocycles. The Morgan fingerprint density at radius 2 is 1.49 bits per heavy atom. The molecular weight excluding hydrogens is 432 g/mol. The van der Waals surface area contributed by atoms with Gasteiger partial charge in [-0.15, -0.1) is 0 Å². The Kier molecular flexibility index (Phi) is 8.23. The van der Waals surface area contributed by atoms with E-state index in [0.29, 0.717) is 18.1 Å². The minimum absolute atomic E-state index is 0.0184. The predicted molar refractivity (Wildman–Crippen MR) is 142 cm³/mol. The van der Waals surface area contributed by atoms with Gasteiger partial charge in [-0.05, 0) is 48.8 Å². The molecule has 188 valence electrons. The van der Waals surface area contributed by atoms with Gasteiger partial charge in [0, 0.05) is 42.3 Å². The lowest BCUT2D eigenvalue weighted by atomic mass is 9.69. The summed E-state index contributed by atoms with van der Waals surface area (Å²) < 4.78 is 0. The predicted octanol–water partition coefficient (Wildman–Crippen LogP) is 5.35. The maximum Gasteiger partial charge on any atom is 0.143 e. The molecule has 0 spiro atoms. The number of Topliss-reactive ketones (excluding diaryl/α,β-unsaturated/α-hetero) is 2. The molecule has 4 heteroatoms. The van der Waals surface area contributed by atoms with Crippen LogP contribution >= 0.6 is 0 Å². The molecule has 6 atom stereocenters. The molecular formula is C31H42N2O2. The highest BCUT2D eigenvalue weighted by molar-refractivity contribution is 5.87. The standard InChI is InChI=1S/C31H42N2O2/c1-21(29(34)27-19-32-16-15-25(27)22-11-7-5-8-12-22)17-24-18-26(23-13-9-6-10-14-23)28(20-33-24)30(35)31(2,3)4/h5-14,21,24-28,32-33H,15-20H2,1-4H3/t21?,24?,25-,26?,27?,28-/m0/s1. The molecule has 0 saturated carbocycles. The maximum atomic E-state index is 13.7. The van der Waals surface area contributed by atoms with Gasteiger partial charge in [-0.25, -0.2) is 0 Å². The number of carbonyl (C=O) groups is 2. The molecule has 2 heterocycles. The number of hydrogen-bond acceptors (Lipinski definition) is 4. The van der Waals surface area contributed by atoms with Crippen LogP contribution in [0.4, 0.5) is 0 Å². The highest BCUT2D eigenvalue weighted by atomic mass is 16.1. The highest BCUT2D eigenvalue weighted by Crippen LogP contribution is 2.39. The van der Waals surface area contributed by atoms with Crippen molar-refractivity contribution in [2.24, 2.45) is 23.2 Å². The van der Waals surface area contributed by atoms with Crippen LogP contribution in [0.2, 0.25) is 0 Å². The van der Waals surface area contributed by atoms with E-state index in [1.807, 2.05) is 32.9 Å². The fourth-order valence-corrected chi connectivity index (χ4v) is 6.23. The molecule has 2 aromatic rings. The molecule has 0 bridgehead atoms. The quantitative estimate of drug-likeness (QED) is 0.568. The van der Waals surface area contributed by atoms with E-state index >= 15 is 0 Å². The summed E-state index contributed by atoms with van der Waals surface area (Å²) in [6.45, 7) is 10.6. The Morgan fingerprint density at radius 3 is 2.09 bits per heavy atom. The van der Waals surface area contributed by atoms with E-state index in [9.17, 15) is 9.59 Å². The van der Waals surface area contributed by atoms with Crippen molar-refractivity contribution < 1.29 is 9.59 Å². The van der Waals surface area contributed by atoms with Gasteiger partial charge in [-0.3, -0.25) is 9.59 Å². The zero-order chi connectivity index (χ0) is 25.0. The van der Waals surface area contributed by atoms with Crippen molar-refractivity contribution in [1.82, 2.24) is 10.6 Å². The van der Waals surface area contributed by atoms with E-state index in [-0.39, 0.29) is 41.0 Å². The lowest BCUT2D eigenvalue weighted by molar-refractivity contribution is -0.132. The van der Waals surface area contributed by atoms with Crippen molar-refractivity contribution in [3.63, 3.8) is 0 Å². The zero-order valence-corrected chi connectivity index (χ0v) is 21.8. The minimum Gasteiger partial charge on any atom is -0.316 e. The third kappa shape index (κ3) is 6.10. The first-order chi connectivity index (χ1) is 16.8. The normalized spacial score (nSPS) is 28.3. The van der Waals surface area contributed by atoms with Crippen LogP contribution in [-0.4, -0.2) is 37.2 Å². The van der Waals surface area contributed by atoms with Crippen molar-refractivity contribution in [1.29, 1.82) is 0 Å². The van der Waals surface area contributed by atoms with Crippen LogP contribution in [0, 0.1) is 23.2 Å². The van der Waals surface area contributed by atoms with Gasteiger partial charge in [-0.1, -0.05) is 88.4 Å². The largest absolute Gasteiger partial charge is 0.316 e. The van der Waals surface area contributed by atoms with Crippen LogP contribution in [-0.2, 0) is 9.59 Å². The van der Waals surface area contributed by atoms with Crippen LogP contribution in [0.15, 0.2) is 60.7 Å². The first-order valence-electron chi connectivity index (χ1n) is 13.4. The van der Waals surface area contributed by atoms with Gasteiger partial charge in [0.2, 0.25) is 0 Å². The molecule has 0 amide bonds. The summed E-state index contributed by atoms with van der Waals surface area (Å²) in [6.07, 6.45) is 2.71. The van der Waals surface area contributed by atoms with Crippen LogP contribution in [0.5, 0.6) is 0 Å². The SMILES string of the molecule is CC(CC1CC(c2ccccc2)[C@@H](C(=O)C(C)(C)C)CN1)C(=O)C1CNCC[C@H]1c1ccccc1. The van der Waals surface area contributed by atoms with Gasteiger partial charge in [0.15, 0.2) is 0 Å². The summed E-state index contributed by atoms with van der Waals surface area (Å²) in [5.41, 5.74) is 2.15. The monoisotopic (exact) mass is 474 g/mol. The van der Waals surface area contributed by atoms with E-state index in [1.54, 1.807) is 0 Å². The highest BCUT2D eigenvalue weighted by Gasteiger charge is 2.41. The van der Waals surface area contributed by atoms with Crippen LogP contribution in [0.3, 0.4) is 0 Å². The first kappa shape index (κ1) is 25.8. The lowest BCUT2D eigenvalue weighted by Crippen LogP contribution is -2.49. The Balaban J connectivity index is 1.46. The van der Waals surface area contributed by atoms with Crippen molar-refractivity contribution in [2.75, 3.05) is 19.6 Å². The number of hydrogen-bond donors (Lipinski definition) is 2. The molecule has 4 nitrogen and oxygen atoms in total. The summed E-state index contributed by atoms with van der Waals surface area (Å²) in [5, 5.41) is 7.13. The zero-order valence-electron chi connectivity index (χ0n) is 21.8. The minimum atomic E-state index is -0.365. The van der Waals surface area contributed by atoms with Crippen molar-refractivity contribution in [3.05, 3.63) is 71.8 Å². The van der Waals surface area contributed by atoms with Crippen LogP contribution in [0.25, 0.3) is 0 Å². The number of piperidine rings is 2. The Labute approximate surface area is 211 Å². The second-order valence-electron chi connectivity index (χ2n) is 11.7. The maximum absolute atomic E-state index is 13.7. The van der Waals surface area contributed by atoms with Gasteiger partial charge in [0.25, 0.3) is 0 Å². The van der Waals surface area contributed by atoms with Gasteiger partial charge >= 0.3 is 0 Å². The molecule has 0 radical (unpaired) electrons. The number of ketones is 2. The molecule has 0 aliphatic carbocycles. The molecule has 2 N–H and O–H groups in total. The fraction of sp³-hybridized carbons (Fsp3) is 0.548. The molecule has 2 aliphatic heterocycles. The average Bonchev–Trinajstić information content (AvgIpc) is 2.88. The van der Waals surface area contributed by atoms with E-state index in [1.165, 1.54) is 11.1 Å². The van der Waals surface area contributed by atoms with E-state index in [0.717, 1.165) is 32.4 Å². The summed E-state index contributed by atoms with van der Waals surface area (Å²) >= 11 is 0. The van der Waals surface area contributed by atoms with Crippen molar-refractivity contribution >= 4 is 11.6 Å². The Bertz CT molecular complexity index is 982. The number of carbonyl (C=O) groups excluding carboxylic acids is 2. The molecule has 2 aromatic carbocycles.